The van der Waals surface area contributed by atoms with Gasteiger partial charge in [-0.15, -0.1) is 0 Å². The summed E-state index contributed by atoms with van der Waals surface area (Å²) >= 11 is 0. The van der Waals surface area contributed by atoms with Crippen molar-refractivity contribution >= 4 is 29.3 Å². The van der Waals surface area contributed by atoms with Crippen LogP contribution in [0.2, 0.25) is 18.1 Å². The van der Waals surface area contributed by atoms with E-state index < -0.39 is 18.4 Å². The molecule has 0 amide bonds. The highest BCUT2D eigenvalue weighted by atomic mass is 32.2. The van der Waals surface area contributed by atoms with Crippen molar-refractivity contribution in [2.24, 2.45) is 0 Å². The Labute approximate surface area is 250 Å². The van der Waals surface area contributed by atoms with Gasteiger partial charge in [0.25, 0.3) is 10.1 Å². The standard InChI is InChI=1S/C29H46N4O7SSi/c1-22(21-39-41(5,34)35)37-17-16-36-15-13-32-20-23(19-30-32)28-25-18-24(40-42(6,7)29(2,3)4)11-12-26(25)33(31-28)27-10-8-9-14-38-27/h11-12,18-20,22,27H,8-10,13-17,21H2,1-7H3. The molecule has 1 aliphatic rings. The minimum Gasteiger partial charge on any atom is -0.543 e. The molecule has 4 rings (SSSR count). The fourth-order valence-electron chi connectivity index (χ4n) is 4.42. The molecule has 0 radical (unpaired) electrons. The molecule has 0 N–H and O–H groups in total. The number of benzene rings is 1. The molecule has 42 heavy (non-hydrogen) atoms. The highest BCUT2D eigenvalue weighted by Crippen LogP contribution is 2.39. The van der Waals surface area contributed by atoms with Gasteiger partial charge < -0.3 is 18.6 Å². The Morgan fingerprint density at radius 3 is 2.64 bits per heavy atom. The van der Waals surface area contributed by atoms with Gasteiger partial charge in [0.2, 0.25) is 8.32 Å². The molecule has 1 fully saturated rings. The first-order chi connectivity index (χ1) is 19.7. The summed E-state index contributed by atoms with van der Waals surface area (Å²) in [7, 11) is -5.49. The van der Waals surface area contributed by atoms with Crippen LogP contribution in [0.25, 0.3) is 22.2 Å². The fraction of sp³-hybridized carbons (Fsp3) is 0.655. The van der Waals surface area contributed by atoms with Crippen molar-refractivity contribution in [1.82, 2.24) is 19.6 Å². The van der Waals surface area contributed by atoms with Gasteiger partial charge in [0.15, 0.2) is 6.23 Å². The van der Waals surface area contributed by atoms with E-state index in [0.29, 0.717) is 26.4 Å². The molecule has 1 saturated heterocycles. The molecule has 0 aliphatic carbocycles. The molecule has 234 valence electrons. The lowest BCUT2D eigenvalue weighted by molar-refractivity contribution is -0.0365. The van der Waals surface area contributed by atoms with Gasteiger partial charge in [0.05, 0.1) is 57.0 Å². The second kappa shape index (κ2) is 13.6. The lowest BCUT2D eigenvalue weighted by atomic mass is 10.1. The molecule has 0 saturated carbocycles. The lowest BCUT2D eigenvalue weighted by Crippen LogP contribution is -2.43. The van der Waals surface area contributed by atoms with E-state index in [4.69, 9.17) is 27.9 Å². The maximum atomic E-state index is 11.1. The average molecular weight is 623 g/mol. The van der Waals surface area contributed by atoms with Crippen LogP contribution in [0.4, 0.5) is 0 Å². The highest BCUT2D eigenvalue weighted by Gasteiger charge is 2.39. The molecule has 1 aromatic carbocycles. The molecular formula is C29H46N4O7SSi. The summed E-state index contributed by atoms with van der Waals surface area (Å²) in [5, 5.41) is 10.7. The Morgan fingerprint density at radius 2 is 1.95 bits per heavy atom. The summed E-state index contributed by atoms with van der Waals surface area (Å²) in [6.45, 7) is 15.4. The zero-order chi connectivity index (χ0) is 30.5. The van der Waals surface area contributed by atoms with E-state index in [1.165, 1.54) is 0 Å². The molecular weight excluding hydrogens is 576 g/mol. The molecule has 3 aromatic rings. The van der Waals surface area contributed by atoms with Crippen molar-refractivity contribution in [2.45, 2.75) is 84.0 Å². The van der Waals surface area contributed by atoms with E-state index >= 15 is 0 Å². The molecule has 11 nitrogen and oxygen atoms in total. The third kappa shape index (κ3) is 8.63. The Kier molecular flexibility index (Phi) is 10.5. The zero-order valence-electron chi connectivity index (χ0n) is 26.0. The number of ether oxygens (including phenoxy) is 3. The third-order valence-electron chi connectivity index (χ3n) is 7.80. The van der Waals surface area contributed by atoms with Gasteiger partial charge >= 0.3 is 0 Å². The van der Waals surface area contributed by atoms with Crippen LogP contribution in [0.15, 0.2) is 30.6 Å². The predicted molar refractivity (Wildman–Crippen MR) is 165 cm³/mol. The summed E-state index contributed by atoms with van der Waals surface area (Å²) in [5.41, 5.74) is 2.79. The first kappa shape index (κ1) is 32.6. The summed E-state index contributed by atoms with van der Waals surface area (Å²) in [5.74, 6) is 0.861. The van der Waals surface area contributed by atoms with Crippen molar-refractivity contribution in [3.63, 3.8) is 0 Å². The van der Waals surface area contributed by atoms with Crippen LogP contribution >= 0.6 is 0 Å². The van der Waals surface area contributed by atoms with E-state index in [9.17, 15) is 8.42 Å². The van der Waals surface area contributed by atoms with Crippen molar-refractivity contribution in [3.8, 4) is 17.0 Å². The molecule has 13 heteroatoms. The fourth-order valence-corrected chi connectivity index (χ4v) is 5.89. The number of fused-ring (bicyclic) bond motifs is 1. The topological polar surface area (TPSA) is 116 Å². The largest absolute Gasteiger partial charge is 0.543 e. The second-order valence-corrected chi connectivity index (χ2v) is 18.8. The maximum absolute atomic E-state index is 11.1. The van der Waals surface area contributed by atoms with Gasteiger partial charge in [-0.05, 0) is 62.5 Å². The van der Waals surface area contributed by atoms with Crippen molar-refractivity contribution in [3.05, 3.63) is 30.6 Å². The molecule has 0 spiro atoms. The number of hydrogen-bond donors (Lipinski definition) is 0. The monoisotopic (exact) mass is 622 g/mol. The Bertz CT molecular complexity index is 1430. The van der Waals surface area contributed by atoms with Crippen LogP contribution in [0, 0.1) is 0 Å². The van der Waals surface area contributed by atoms with Gasteiger partial charge in [-0.3, -0.25) is 8.86 Å². The van der Waals surface area contributed by atoms with E-state index in [1.54, 1.807) is 6.92 Å². The van der Waals surface area contributed by atoms with Crippen LogP contribution in [0.5, 0.6) is 5.75 Å². The summed E-state index contributed by atoms with van der Waals surface area (Å²) in [6, 6.07) is 6.26. The van der Waals surface area contributed by atoms with E-state index in [-0.39, 0.29) is 24.0 Å². The Hall–Kier alpha value is -2.29. The smallest absolute Gasteiger partial charge is 0.264 e. The van der Waals surface area contributed by atoms with Crippen molar-refractivity contribution in [2.75, 3.05) is 39.3 Å². The van der Waals surface area contributed by atoms with Gasteiger partial charge in [-0.2, -0.15) is 18.6 Å². The Morgan fingerprint density at radius 1 is 1.17 bits per heavy atom. The number of rotatable bonds is 14. The minimum atomic E-state index is -3.48. The van der Waals surface area contributed by atoms with E-state index in [2.05, 4.69) is 57.2 Å². The van der Waals surface area contributed by atoms with Crippen LogP contribution < -0.4 is 4.43 Å². The molecule has 1 aliphatic heterocycles. The number of hydrogen-bond acceptors (Lipinski definition) is 9. The first-order valence-electron chi connectivity index (χ1n) is 14.6. The SMILES string of the molecule is CC(COS(C)(=O)=O)OCCOCCn1cc(-c2nn(C3CCCCO3)c3ccc(O[Si](C)(C)C(C)(C)C)cc23)cn1. The first-order valence-corrected chi connectivity index (χ1v) is 19.4. The maximum Gasteiger partial charge on any atom is 0.264 e. The van der Waals surface area contributed by atoms with Gasteiger partial charge in [-0.25, -0.2) is 4.68 Å². The second-order valence-electron chi connectivity index (χ2n) is 12.4. The lowest BCUT2D eigenvalue weighted by Gasteiger charge is -2.36. The highest BCUT2D eigenvalue weighted by molar-refractivity contribution is 7.85. The molecule has 2 atom stereocenters. The molecule has 2 unspecified atom stereocenters. The zero-order valence-corrected chi connectivity index (χ0v) is 27.8. The van der Waals surface area contributed by atoms with Crippen LogP contribution in [0.1, 0.15) is 53.2 Å². The quantitative estimate of drug-likeness (QED) is 0.133. The van der Waals surface area contributed by atoms with Crippen molar-refractivity contribution in [1.29, 1.82) is 0 Å². The van der Waals surface area contributed by atoms with Crippen molar-refractivity contribution < 1.29 is 31.2 Å². The normalized spacial score (nSPS) is 17.5. The third-order valence-corrected chi connectivity index (χ3v) is 12.7. The predicted octanol–water partition coefficient (Wildman–Crippen LogP) is 5.38. The molecule has 2 aromatic heterocycles. The summed E-state index contributed by atoms with van der Waals surface area (Å²) in [6.07, 6.45) is 7.52. The molecule has 0 bridgehead atoms. The van der Waals surface area contributed by atoms with Crippen LogP contribution in [-0.4, -0.2) is 81.7 Å². The van der Waals surface area contributed by atoms with Crippen LogP contribution in [0.3, 0.4) is 0 Å². The van der Waals surface area contributed by atoms with Crippen LogP contribution in [-0.2, 0) is 35.1 Å². The van der Waals surface area contributed by atoms with E-state index in [0.717, 1.165) is 60.0 Å². The number of aromatic nitrogens is 4. The van der Waals surface area contributed by atoms with Gasteiger partial charge in [-0.1, -0.05) is 20.8 Å². The minimum absolute atomic E-state index is 0.0177. The summed E-state index contributed by atoms with van der Waals surface area (Å²) < 4.78 is 54.8. The number of nitrogens with zero attached hydrogens (tertiary/aromatic N) is 4. The average Bonchev–Trinajstić information content (AvgIpc) is 3.53. The Balaban J connectivity index is 1.43. The van der Waals surface area contributed by atoms with Gasteiger partial charge in [0, 0.05) is 23.8 Å². The molecule has 3 heterocycles. The van der Waals surface area contributed by atoms with E-state index in [1.807, 2.05) is 21.8 Å². The summed E-state index contributed by atoms with van der Waals surface area (Å²) in [4.78, 5) is 0. The van der Waals surface area contributed by atoms with Gasteiger partial charge in [0.1, 0.15) is 11.4 Å².